The molecule has 0 amide bonds. The molecule has 0 aliphatic rings. The molecule has 0 aromatic heterocycles. The average molecular weight is 261 g/mol. The second-order valence-corrected chi connectivity index (χ2v) is 3.97. The Hall–Kier alpha value is -1.72. The third-order valence-corrected chi connectivity index (χ3v) is 2.60. The minimum atomic E-state index is -4.44. The van der Waals surface area contributed by atoms with Crippen molar-refractivity contribution < 1.29 is 23.1 Å². The lowest BCUT2D eigenvalue weighted by Gasteiger charge is -2.17. The average Bonchev–Trinajstić information content (AvgIpc) is 2.25. The van der Waals surface area contributed by atoms with Crippen molar-refractivity contribution in [3.8, 4) is 0 Å². The molecule has 1 unspecified atom stereocenters. The number of hydrogen-bond donors (Lipinski definition) is 2. The van der Waals surface area contributed by atoms with Crippen LogP contribution in [0.1, 0.15) is 24.5 Å². The molecule has 0 aliphatic carbocycles. The number of aliphatic carboxylic acids is 1. The van der Waals surface area contributed by atoms with Crippen molar-refractivity contribution in [3.05, 3.63) is 29.3 Å². The monoisotopic (exact) mass is 261 g/mol. The first-order valence-corrected chi connectivity index (χ1v) is 5.43. The number of alkyl halides is 3. The standard InChI is InChI=1S/C12H14F3NO2/c1-3-9(11(17)18)16-10-6-8(12(13,14)15)5-4-7(10)2/h4-6,9,16H,3H2,1-2H3,(H,17,18). The molecule has 0 spiro atoms. The van der Waals surface area contributed by atoms with E-state index in [1.54, 1.807) is 13.8 Å². The van der Waals surface area contributed by atoms with E-state index in [-0.39, 0.29) is 12.1 Å². The van der Waals surface area contributed by atoms with Gasteiger partial charge in [-0.3, -0.25) is 0 Å². The smallest absolute Gasteiger partial charge is 0.416 e. The highest BCUT2D eigenvalue weighted by molar-refractivity contribution is 5.77. The van der Waals surface area contributed by atoms with E-state index in [1.165, 1.54) is 6.07 Å². The summed E-state index contributed by atoms with van der Waals surface area (Å²) in [6.07, 6.45) is -4.15. The molecule has 3 nitrogen and oxygen atoms in total. The highest BCUT2D eigenvalue weighted by Crippen LogP contribution is 2.32. The van der Waals surface area contributed by atoms with E-state index < -0.39 is 23.8 Å². The predicted octanol–water partition coefficient (Wildman–Crippen LogP) is 3.29. The SMILES string of the molecule is CCC(Nc1cc(C(F)(F)F)ccc1C)C(=O)O. The van der Waals surface area contributed by atoms with E-state index in [0.717, 1.165) is 12.1 Å². The molecular weight excluding hydrogens is 247 g/mol. The van der Waals surface area contributed by atoms with Gasteiger partial charge in [0.25, 0.3) is 0 Å². The lowest BCUT2D eigenvalue weighted by Crippen LogP contribution is -2.28. The van der Waals surface area contributed by atoms with E-state index in [9.17, 15) is 18.0 Å². The molecule has 1 rings (SSSR count). The number of anilines is 1. The second-order valence-electron chi connectivity index (χ2n) is 3.97. The fourth-order valence-electron chi connectivity index (χ4n) is 1.48. The van der Waals surface area contributed by atoms with Crippen LogP contribution in [0.3, 0.4) is 0 Å². The van der Waals surface area contributed by atoms with Crippen LogP contribution >= 0.6 is 0 Å². The number of carboxylic acid groups (broad SMARTS) is 1. The Bertz CT molecular complexity index is 443. The maximum absolute atomic E-state index is 12.5. The van der Waals surface area contributed by atoms with Gasteiger partial charge in [0, 0.05) is 5.69 Å². The van der Waals surface area contributed by atoms with Gasteiger partial charge in [-0.05, 0) is 31.0 Å². The van der Waals surface area contributed by atoms with Gasteiger partial charge in [0.15, 0.2) is 0 Å². The topological polar surface area (TPSA) is 49.3 Å². The molecule has 0 radical (unpaired) electrons. The summed E-state index contributed by atoms with van der Waals surface area (Å²) < 4.78 is 37.6. The summed E-state index contributed by atoms with van der Waals surface area (Å²) >= 11 is 0. The molecule has 1 aromatic carbocycles. The summed E-state index contributed by atoms with van der Waals surface area (Å²) in [5.74, 6) is -1.09. The Morgan fingerprint density at radius 3 is 2.50 bits per heavy atom. The van der Waals surface area contributed by atoms with Gasteiger partial charge < -0.3 is 10.4 Å². The summed E-state index contributed by atoms with van der Waals surface area (Å²) in [6, 6.07) is 2.33. The molecule has 0 fully saturated rings. The minimum absolute atomic E-state index is 0.194. The van der Waals surface area contributed by atoms with Crippen LogP contribution < -0.4 is 5.32 Å². The first-order valence-electron chi connectivity index (χ1n) is 5.43. The summed E-state index contributed by atoms with van der Waals surface area (Å²) in [5.41, 5.74) is -0.0300. The van der Waals surface area contributed by atoms with Gasteiger partial charge in [-0.2, -0.15) is 13.2 Å². The lowest BCUT2D eigenvalue weighted by molar-refractivity contribution is -0.138. The van der Waals surface area contributed by atoms with Gasteiger partial charge in [0.1, 0.15) is 6.04 Å². The first kappa shape index (κ1) is 14.3. The van der Waals surface area contributed by atoms with E-state index in [0.29, 0.717) is 5.56 Å². The van der Waals surface area contributed by atoms with Crippen molar-refractivity contribution in [2.75, 3.05) is 5.32 Å². The normalized spacial score (nSPS) is 13.2. The van der Waals surface area contributed by atoms with Crippen LogP contribution in [0.15, 0.2) is 18.2 Å². The zero-order valence-electron chi connectivity index (χ0n) is 10.0. The molecule has 1 atom stereocenters. The number of benzene rings is 1. The molecular formula is C12H14F3NO2. The van der Waals surface area contributed by atoms with Crippen LogP contribution in [0, 0.1) is 6.92 Å². The second kappa shape index (κ2) is 5.29. The fraction of sp³-hybridized carbons (Fsp3) is 0.417. The van der Waals surface area contributed by atoms with Crippen LogP contribution in [0.2, 0.25) is 0 Å². The Morgan fingerprint density at radius 1 is 1.44 bits per heavy atom. The van der Waals surface area contributed by atoms with Crippen molar-refractivity contribution in [2.24, 2.45) is 0 Å². The van der Waals surface area contributed by atoms with Crippen molar-refractivity contribution >= 4 is 11.7 Å². The number of hydrogen-bond acceptors (Lipinski definition) is 2. The van der Waals surface area contributed by atoms with Gasteiger partial charge in [-0.15, -0.1) is 0 Å². The number of aryl methyl sites for hydroxylation is 1. The third kappa shape index (κ3) is 3.38. The van der Waals surface area contributed by atoms with Crippen LogP contribution in [0.5, 0.6) is 0 Å². The summed E-state index contributed by atoms with van der Waals surface area (Å²) in [7, 11) is 0. The molecule has 18 heavy (non-hydrogen) atoms. The Morgan fingerprint density at radius 2 is 2.06 bits per heavy atom. The molecule has 100 valence electrons. The van der Waals surface area contributed by atoms with E-state index >= 15 is 0 Å². The van der Waals surface area contributed by atoms with Crippen molar-refractivity contribution in [1.82, 2.24) is 0 Å². The van der Waals surface area contributed by atoms with Crippen molar-refractivity contribution in [1.29, 1.82) is 0 Å². The predicted molar refractivity (Wildman–Crippen MR) is 61.5 cm³/mol. The van der Waals surface area contributed by atoms with Crippen molar-refractivity contribution in [2.45, 2.75) is 32.5 Å². The Labute approximate surface area is 103 Å². The van der Waals surface area contributed by atoms with Crippen LogP contribution in [0.25, 0.3) is 0 Å². The number of carboxylic acids is 1. The molecule has 0 bridgehead atoms. The van der Waals surface area contributed by atoms with Crippen LogP contribution in [-0.4, -0.2) is 17.1 Å². The molecule has 1 aromatic rings. The zero-order chi connectivity index (χ0) is 13.9. The Balaban J connectivity index is 3.05. The van der Waals surface area contributed by atoms with E-state index in [1.807, 2.05) is 0 Å². The maximum Gasteiger partial charge on any atom is 0.416 e. The summed E-state index contributed by atoms with van der Waals surface area (Å²) in [6.45, 7) is 3.27. The van der Waals surface area contributed by atoms with Crippen molar-refractivity contribution in [3.63, 3.8) is 0 Å². The maximum atomic E-state index is 12.5. The molecule has 0 aliphatic heterocycles. The molecule has 0 heterocycles. The highest BCUT2D eigenvalue weighted by atomic mass is 19.4. The van der Waals surface area contributed by atoms with Crippen LogP contribution in [-0.2, 0) is 11.0 Å². The molecule has 0 saturated carbocycles. The largest absolute Gasteiger partial charge is 0.480 e. The number of halogens is 3. The number of nitrogens with one attached hydrogen (secondary N) is 1. The van der Waals surface area contributed by atoms with E-state index in [4.69, 9.17) is 5.11 Å². The third-order valence-electron chi connectivity index (χ3n) is 2.60. The zero-order valence-corrected chi connectivity index (χ0v) is 10.0. The van der Waals surface area contributed by atoms with Crippen LogP contribution in [0.4, 0.5) is 18.9 Å². The van der Waals surface area contributed by atoms with Gasteiger partial charge in [-0.25, -0.2) is 4.79 Å². The minimum Gasteiger partial charge on any atom is -0.480 e. The summed E-state index contributed by atoms with van der Waals surface area (Å²) in [5, 5.41) is 11.5. The molecule has 2 N–H and O–H groups in total. The number of carbonyl (C=O) groups is 1. The first-order chi connectivity index (χ1) is 8.25. The van der Waals surface area contributed by atoms with E-state index in [2.05, 4.69) is 5.32 Å². The van der Waals surface area contributed by atoms with Gasteiger partial charge in [-0.1, -0.05) is 13.0 Å². The molecule has 6 heteroatoms. The van der Waals surface area contributed by atoms with Gasteiger partial charge >= 0.3 is 12.1 Å². The molecule has 0 saturated heterocycles. The quantitative estimate of drug-likeness (QED) is 0.874. The number of rotatable bonds is 4. The van der Waals surface area contributed by atoms with Gasteiger partial charge in [0.2, 0.25) is 0 Å². The highest BCUT2D eigenvalue weighted by Gasteiger charge is 2.31. The summed E-state index contributed by atoms with van der Waals surface area (Å²) in [4.78, 5) is 10.8. The fourth-order valence-corrected chi connectivity index (χ4v) is 1.48. The Kier molecular flexibility index (Phi) is 4.21. The lowest BCUT2D eigenvalue weighted by atomic mass is 10.1. The van der Waals surface area contributed by atoms with Gasteiger partial charge in [0.05, 0.1) is 5.56 Å².